The van der Waals surface area contributed by atoms with E-state index >= 15 is 0 Å². The minimum atomic E-state index is -0.403. The predicted octanol–water partition coefficient (Wildman–Crippen LogP) is -1.41. The Kier molecular flexibility index (Phi) is 9.10. The first-order valence-corrected chi connectivity index (χ1v) is 4.78. The molecule has 0 saturated carbocycles. The molecule has 0 fully saturated rings. The summed E-state index contributed by atoms with van der Waals surface area (Å²) in [7, 11) is 1.39. The van der Waals surface area contributed by atoms with Gasteiger partial charge in [0.1, 0.15) is 0 Å². The molecule has 0 aromatic heterocycles. The summed E-state index contributed by atoms with van der Waals surface area (Å²) in [5.41, 5.74) is 0.925. The zero-order valence-corrected chi connectivity index (χ0v) is 11.6. The van der Waals surface area contributed by atoms with Gasteiger partial charge in [-0.25, -0.2) is 5.97 Å². The van der Waals surface area contributed by atoms with Gasteiger partial charge in [0.2, 0.25) is 0 Å². The second kappa shape index (κ2) is 9.52. The first-order valence-electron chi connectivity index (χ1n) is 4.78. The fourth-order valence-corrected chi connectivity index (χ4v) is 1.05. The van der Waals surface area contributed by atoms with Crippen LogP contribution < -0.4 is 29.6 Å². The van der Waals surface area contributed by atoms with Gasteiger partial charge in [0, 0.05) is 12.2 Å². The van der Waals surface area contributed by atoms with Crippen LogP contribution in [0.1, 0.15) is 12.5 Å². The Bertz CT molecular complexity index is 391. The van der Waals surface area contributed by atoms with E-state index in [4.69, 9.17) is 10.00 Å². The van der Waals surface area contributed by atoms with Crippen LogP contribution in [0.3, 0.4) is 0 Å². The second-order valence-corrected chi connectivity index (χ2v) is 2.81. The fraction of sp³-hybridized carbons (Fsp3) is 0.250. The Balaban J connectivity index is 0.00000225. The van der Waals surface area contributed by atoms with Gasteiger partial charge in [-0.1, -0.05) is 30.1 Å². The van der Waals surface area contributed by atoms with Crippen molar-refractivity contribution in [2.24, 2.45) is 0 Å². The van der Waals surface area contributed by atoms with Crippen molar-refractivity contribution < 1.29 is 34.3 Å². The van der Waals surface area contributed by atoms with Gasteiger partial charge in [0.25, 0.3) is 0 Å². The van der Waals surface area contributed by atoms with E-state index in [-0.39, 0.29) is 29.6 Å². The molecule has 16 heavy (non-hydrogen) atoms. The molecule has 74 valence electrons. The van der Waals surface area contributed by atoms with E-state index in [1.807, 2.05) is 43.2 Å². The molecule has 2 nitrogen and oxygen atoms in total. The van der Waals surface area contributed by atoms with Crippen molar-refractivity contribution in [2.45, 2.75) is 12.9 Å². The van der Waals surface area contributed by atoms with Gasteiger partial charge in [-0.05, 0) is 19.1 Å². The molecule has 2 radical (unpaired) electrons. The zero-order chi connectivity index (χ0) is 10.9. The van der Waals surface area contributed by atoms with Crippen molar-refractivity contribution >= 4 is 7.28 Å². The van der Waals surface area contributed by atoms with E-state index in [0.717, 1.165) is 5.56 Å². The number of nitriles is 1. The first-order chi connectivity index (χ1) is 7.36. The van der Waals surface area contributed by atoms with Crippen molar-refractivity contribution in [1.82, 2.24) is 0 Å². The third-order valence-electron chi connectivity index (χ3n) is 1.70. The van der Waals surface area contributed by atoms with Crippen LogP contribution in [-0.2, 0) is 4.74 Å². The Morgan fingerprint density at radius 2 is 2.06 bits per heavy atom. The van der Waals surface area contributed by atoms with E-state index < -0.39 is 6.00 Å². The maximum absolute atomic E-state index is 8.51. The quantitative estimate of drug-likeness (QED) is 0.462. The Labute approximate surface area is 120 Å². The van der Waals surface area contributed by atoms with Gasteiger partial charge in [0.05, 0.1) is 0 Å². The van der Waals surface area contributed by atoms with Gasteiger partial charge >= 0.3 is 29.6 Å². The average molecular weight is 219 g/mol. The first kappa shape index (κ1) is 15.3. The summed E-state index contributed by atoms with van der Waals surface area (Å²) in [6.45, 7) is 2.43. The normalized spacial score (nSPS) is 10.2. The van der Waals surface area contributed by atoms with Crippen molar-refractivity contribution in [3.8, 4) is 17.8 Å². The van der Waals surface area contributed by atoms with Crippen LogP contribution in [0.15, 0.2) is 30.3 Å². The summed E-state index contributed by atoms with van der Waals surface area (Å²) in [5, 5.41) is 8.51. The number of hydrogen-bond donors (Lipinski definition) is 0. The van der Waals surface area contributed by atoms with Crippen LogP contribution in [0.25, 0.3) is 0 Å². The third kappa shape index (κ3) is 6.00. The molecule has 1 aromatic carbocycles. The number of hydrogen-bond acceptors (Lipinski definition) is 2. The second-order valence-electron chi connectivity index (χ2n) is 2.81. The van der Waals surface area contributed by atoms with Gasteiger partial charge in [-0.3, -0.25) is 5.26 Å². The molecule has 0 bridgehead atoms. The van der Waals surface area contributed by atoms with Crippen molar-refractivity contribution in [3.05, 3.63) is 35.9 Å². The molecule has 1 atom stereocenters. The van der Waals surface area contributed by atoms with Crippen molar-refractivity contribution in [1.29, 1.82) is 5.26 Å². The number of nitrogens with zero attached hydrogens (tertiary/aromatic N) is 1. The van der Waals surface area contributed by atoms with Crippen LogP contribution in [-0.4, -0.2) is 19.9 Å². The summed E-state index contributed by atoms with van der Waals surface area (Å²) < 4.78 is 5.25. The summed E-state index contributed by atoms with van der Waals surface area (Å²) in [4.78, 5) is 0. The van der Waals surface area contributed by atoms with Crippen LogP contribution in [0.4, 0.5) is 0 Å². The largest absolute Gasteiger partial charge is 1.00 e. The predicted molar refractivity (Wildman–Crippen MR) is 60.1 cm³/mol. The maximum Gasteiger partial charge on any atom is 1.00 e. The topological polar surface area (TPSA) is 33.0 Å². The van der Waals surface area contributed by atoms with E-state index in [0.29, 0.717) is 6.61 Å². The summed E-state index contributed by atoms with van der Waals surface area (Å²) in [6.07, 6.45) is 0. The maximum atomic E-state index is 8.51. The minimum absolute atomic E-state index is 0. The van der Waals surface area contributed by atoms with Crippen LogP contribution in [0, 0.1) is 23.1 Å². The van der Waals surface area contributed by atoms with Crippen LogP contribution in [0.2, 0.25) is 0 Å². The SMILES string of the molecule is CCOC([B-]C#N)C#Cc1ccccc1.[Na+]. The van der Waals surface area contributed by atoms with Gasteiger partial charge < -0.3 is 4.74 Å². The molecule has 0 aliphatic carbocycles. The fourth-order valence-electron chi connectivity index (χ4n) is 1.05. The molecule has 0 aliphatic heterocycles. The molecule has 4 heteroatoms. The number of benzene rings is 1. The number of rotatable bonds is 3. The Hall–Kier alpha value is -0.705. The zero-order valence-electron chi connectivity index (χ0n) is 9.60. The molecule has 0 amide bonds. The minimum Gasteiger partial charge on any atom is -0.409 e. The molecular weight excluding hydrogens is 208 g/mol. The summed E-state index contributed by atoms with van der Waals surface area (Å²) in [5.74, 6) is 7.78. The molecule has 0 saturated heterocycles. The van der Waals surface area contributed by atoms with Crippen molar-refractivity contribution in [3.63, 3.8) is 0 Å². The molecule has 0 heterocycles. The Morgan fingerprint density at radius 1 is 1.38 bits per heavy atom. The Morgan fingerprint density at radius 3 is 2.62 bits per heavy atom. The molecule has 0 aliphatic rings. The molecule has 1 aromatic rings. The smallest absolute Gasteiger partial charge is 0.409 e. The monoisotopic (exact) mass is 219 g/mol. The van der Waals surface area contributed by atoms with E-state index in [1.54, 1.807) is 0 Å². The van der Waals surface area contributed by atoms with E-state index in [2.05, 4.69) is 11.8 Å². The summed E-state index contributed by atoms with van der Waals surface area (Å²) in [6, 6.07) is 9.22. The molecule has 1 rings (SSSR count). The number of ether oxygens (including phenoxy) is 1. The van der Waals surface area contributed by atoms with E-state index in [9.17, 15) is 0 Å². The van der Waals surface area contributed by atoms with Gasteiger partial charge in [0.15, 0.2) is 0 Å². The van der Waals surface area contributed by atoms with Crippen molar-refractivity contribution in [2.75, 3.05) is 6.61 Å². The third-order valence-corrected chi connectivity index (χ3v) is 1.70. The van der Waals surface area contributed by atoms with E-state index in [1.165, 1.54) is 7.28 Å². The molecule has 1 unspecified atom stereocenters. The van der Waals surface area contributed by atoms with Gasteiger partial charge in [-0.2, -0.15) is 0 Å². The molecular formula is C12H11BNNaO. The average Bonchev–Trinajstić information content (AvgIpc) is 2.28. The van der Waals surface area contributed by atoms with Crippen LogP contribution in [0.5, 0.6) is 0 Å². The van der Waals surface area contributed by atoms with Gasteiger partial charge in [-0.15, -0.1) is 13.2 Å². The van der Waals surface area contributed by atoms with Crippen LogP contribution >= 0.6 is 0 Å². The standard InChI is InChI=1S/C12H11BNO.Na/c1-2-15-12(13-10-14)9-8-11-6-4-3-5-7-11;/h3-7,12H,2H2,1H3;/q-1;+1. The molecule has 0 N–H and O–H groups in total. The summed E-state index contributed by atoms with van der Waals surface area (Å²) >= 11 is 0. The molecule has 0 spiro atoms.